The van der Waals surface area contributed by atoms with Crippen molar-refractivity contribution in [3.05, 3.63) is 30.0 Å². The molecule has 0 radical (unpaired) electrons. The molecule has 0 fully saturated rings. The minimum Gasteiger partial charge on any atom is -0.459 e. The van der Waals surface area contributed by atoms with Gasteiger partial charge in [-0.3, -0.25) is 4.79 Å². The number of anilines is 1. The monoisotopic (exact) mass is 412 g/mol. The highest BCUT2D eigenvalue weighted by Gasteiger charge is 2.31. The maximum atomic E-state index is 12.8. The van der Waals surface area contributed by atoms with Crippen molar-refractivity contribution in [3.8, 4) is 6.07 Å². The van der Waals surface area contributed by atoms with Crippen molar-refractivity contribution in [2.45, 2.75) is 46.6 Å². The molecule has 2 aromatic rings. The van der Waals surface area contributed by atoms with Crippen LogP contribution < -0.4 is 4.90 Å². The van der Waals surface area contributed by atoms with Gasteiger partial charge in [0, 0.05) is 20.2 Å². The third-order valence-electron chi connectivity index (χ3n) is 4.41. The third kappa shape index (κ3) is 6.14. The highest BCUT2D eigenvalue weighted by molar-refractivity contribution is 5.85. The Kier molecular flexibility index (Phi) is 8.55. The largest absolute Gasteiger partial charge is 0.459 e. The summed E-state index contributed by atoms with van der Waals surface area (Å²) in [7, 11) is 1.54. The number of methoxy groups -OCH3 is 1. The van der Waals surface area contributed by atoms with Crippen LogP contribution in [0.15, 0.2) is 24.3 Å². The van der Waals surface area contributed by atoms with Crippen LogP contribution in [0.25, 0.3) is 11.0 Å². The average Bonchev–Trinajstić information content (AvgIpc) is 2.67. The Balaban J connectivity index is 2.58. The van der Waals surface area contributed by atoms with Gasteiger partial charge < -0.3 is 14.4 Å². The predicted octanol–water partition coefficient (Wildman–Crippen LogP) is 3.93. The number of nitriles is 1. The van der Waals surface area contributed by atoms with E-state index < -0.39 is 18.0 Å². The van der Waals surface area contributed by atoms with Crippen LogP contribution in [0.1, 0.15) is 46.2 Å². The standard InChI is InChI=1S/C23H32N4O3/c1-15(2)12-27(13-16(3)4)22-21(25-19-9-7-8-10-20(19)26-22)18(11-24)23(28)30-17(5)14-29-6/h7-10,15-18H,12-14H2,1-6H3/t17-,18-/m0/s1. The molecule has 0 aliphatic heterocycles. The van der Waals surface area contributed by atoms with Crippen molar-refractivity contribution < 1.29 is 14.3 Å². The summed E-state index contributed by atoms with van der Waals surface area (Å²) < 4.78 is 10.5. The van der Waals surface area contributed by atoms with E-state index in [4.69, 9.17) is 19.4 Å². The smallest absolute Gasteiger partial charge is 0.330 e. The lowest BCUT2D eigenvalue weighted by molar-refractivity contribution is -0.150. The molecule has 0 unspecified atom stereocenters. The number of ether oxygens (including phenoxy) is 2. The normalized spacial score (nSPS) is 13.3. The molecule has 1 heterocycles. The van der Waals surface area contributed by atoms with E-state index in [0.29, 0.717) is 28.9 Å². The minimum absolute atomic E-state index is 0.257. The van der Waals surface area contributed by atoms with Gasteiger partial charge in [-0.05, 0) is 30.9 Å². The lowest BCUT2D eigenvalue weighted by Crippen LogP contribution is -2.34. The zero-order valence-electron chi connectivity index (χ0n) is 18.8. The molecule has 2 rings (SSSR count). The second-order valence-electron chi connectivity index (χ2n) is 8.38. The number of nitrogens with zero attached hydrogens (tertiary/aromatic N) is 4. The van der Waals surface area contributed by atoms with Gasteiger partial charge in [0.2, 0.25) is 0 Å². The van der Waals surface area contributed by atoms with Crippen molar-refractivity contribution in [2.75, 3.05) is 31.7 Å². The van der Waals surface area contributed by atoms with E-state index in [1.165, 1.54) is 7.11 Å². The molecule has 0 aliphatic rings. The molecule has 2 atom stereocenters. The molecule has 0 saturated carbocycles. The molecule has 7 heteroatoms. The van der Waals surface area contributed by atoms with E-state index in [9.17, 15) is 10.1 Å². The predicted molar refractivity (Wildman–Crippen MR) is 117 cm³/mol. The zero-order valence-corrected chi connectivity index (χ0v) is 18.8. The van der Waals surface area contributed by atoms with Crippen molar-refractivity contribution in [2.24, 2.45) is 11.8 Å². The topological polar surface area (TPSA) is 88.3 Å². The first-order chi connectivity index (χ1) is 14.3. The summed E-state index contributed by atoms with van der Waals surface area (Å²) in [6.07, 6.45) is -0.461. The van der Waals surface area contributed by atoms with Crippen LogP contribution in [-0.4, -0.2) is 48.8 Å². The van der Waals surface area contributed by atoms with Crippen LogP contribution in [0.3, 0.4) is 0 Å². The van der Waals surface area contributed by atoms with Crippen molar-refractivity contribution >= 4 is 22.8 Å². The summed E-state index contributed by atoms with van der Waals surface area (Å²) in [4.78, 5) is 24.5. The van der Waals surface area contributed by atoms with Crippen LogP contribution in [0.4, 0.5) is 5.82 Å². The number of hydrogen-bond donors (Lipinski definition) is 0. The SMILES string of the molecule is COC[C@H](C)OC(=O)[C@@H](C#N)c1nc2ccccc2nc1N(CC(C)C)CC(C)C. The van der Waals surface area contributed by atoms with E-state index in [0.717, 1.165) is 18.6 Å². The van der Waals surface area contributed by atoms with Gasteiger partial charge in [0.25, 0.3) is 0 Å². The summed E-state index contributed by atoms with van der Waals surface area (Å²) in [6, 6.07) is 9.57. The number of fused-ring (bicyclic) bond motifs is 1. The molecule has 0 aliphatic carbocycles. The molecule has 1 aromatic heterocycles. The number of rotatable bonds is 10. The number of carbonyl (C=O) groups excluding carboxylic acids is 1. The molecule has 0 N–H and O–H groups in total. The van der Waals surface area contributed by atoms with E-state index >= 15 is 0 Å². The van der Waals surface area contributed by atoms with Gasteiger partial charge >= 0.3 is 5.97 Å². The Morgan fingerprint density at radius 3 is 2.13 bits per heavy atom. The minimum atomic E-state index is -1.17. The van der Waals surface area contributed by atoms with Crippen LogP contribution >= 0.6 is 0 Å². The summed E-state index contributed by atoms with van der Waals surface area (Å²) in [5.74, 6) is -0.489. The Morgan fingerprint density at radius 2 is 1.63 bits per heavy atom. The number of carbonyl (C=O) groups is 1. The maximum Gasteiger partial charge on any atom is 0.330 e. The number of esters is 1. The lowest BCUT2D eigenvalue weighted by Gasteiger charge is -2.29. The summed E-state index contributed by atoms with van der Waals surface area (Å²) in [5, 5.41) is 9.87. The van der Waals surface area contributed by atoms with Crippen LogP contribution in [-0.2, 0) is 14.3 Å². The molecule has 1 aromatic carbocycles. The second kappa shape index (κ2) is 10.9. The van der Waals surface area contributed by atoms with Crippen molar-refractivity contribution in [1.82, 2.24) is 9.97 Å². The van der Waals surface area contributed by atoms with E-state index in [1.54, 1.807) is 6.92 Å². The van der Waals surface area contributed by atoms with Gasteiger partial charge in [0.1, 0.15) is 11.8 Å². The Labute approximate surface area is 179 Å². The number of benzene rings is 1. The fourth-order valence-electron chi connectivity index (χ4n) is 3.32. The molecule has 7 nitrogen and oxygen atoms in total. The van der Waals surface area contributed by atoms with Gasteiger partial charge in [-0.2, -0.15) is 5.26 Å². The molecule has 162 valence electrons. The Morgan fingerprint density at radius 1 is 1.07 bits per heavy atom. The summed E-state index contributed by atoms with van der Waals surface area (Å²) in [5.41, 5.74) is 1.71. The summed E-state index contributed by atoms with van der Waals surface area (Å²) >= 11 is 0. The lowest BCUT2D eigenvalue weighted by atomic mass is 10.0. The van der Waals surface area contributed by atoms with Gasteiger partial charge in [0.05, 0.1) is 23.7 Å². The van der Waals surface area contributed by atoms with E-state index in [1.807, 2.05) is 24.3 Å². The van der Waals surface area contributed by atoms with Crippen molar-refractivity contribution in [3.63, 3.8) is 0 Å². The second-order valence-corrected chi connectivity index (χ2v) is 8.38. The molecule has 30 heavy (non-hydrogen) atoms. The van der Waals surface area contributed by atoms with E-state index in [2.05, 4.69) is 38.7 Å². The Bertz CT molecular complexity index is 882. The first-order valence-corrected chi connectivity index (χ1v) is 10.4. The van der Waals surface area contributed by atoms with Crippen LogP contribution in [0.2, 0.25) is 0 Å². The van der Waals surface area contributed by atoms with Gasteiger partial charge in [-0.1, -0.05) is 39.8 Å². The van der Waals surface area contributed by atoms with E-state index in [-0.39, 0.29) is 6.61 Å². The van der Waals surface area contributed by atoms with Crippen molar-refractivity contribution in [1.29, 1.82) is 5.26 Å². The number of hydrogen-bond acceptors (Lipinski definition) is 7. The highest BCUT2D eigenvalue weighted by Crippen LogP contribution is 2.29. The molecule has 0 spiro atoms. The third-order valence-corrected chi connectivity index (χ3v) is 4.41. The fraction of sp³-hybridized carbons (Fsp3) is 0.565. The first-order valence-electron chi connectivity index (χ1n) is 10.4. The zero-order chi connectivity index (χ0) is 22.3. The summed E-state index contributed by atoms with van der Waals surface area (Å²) in [6.45, 7) is 12.0. The average molecular weight is 413 g/mol. The molecule has 0 amide bonds. The van der Waals surface area contributed by atoms with Gasteiger partial charge in [0.15, 0.2) is 11.7 Å². The van der Waals surface area contributed by atoms with Gasteiger partial charge in [-0.15, -0.1) is 0 Å². The van der Waals surface area contributed by atoms with Gasteiger partial charge in [-0.25, -0.2) is 9.97 Å². The molecular formula is C23H32N4O3. The fourth-order valence-corrected chi connectivity index (χ4v) is 3.32. The Hall–Kier alpha value is -2.72. The van der Waals surface area contributed by atoms with Crippen LogP contribution in [0, 0.1) is 23.2 Å². The molecule has 0 bridgehead atoms. The quantitative estimate of drug-likeness (QED) is 0.546. The molecule has 0 saturated heterocycles. The molecular weight excluding hydrogens is 380 g/mol. The number of para-hydroxylation sites is 2. The first kappa shape index (κ1) is 23.6. The van der Waals surface area contributed by atoms with Crippen LogP contribution in [0.5, 0.6) is 0 Å². The highest BCUT2D eigenvalue weighted by atomic mass is 16.6. The maximum absolute atomic E-state index is 12.8. The number of aromatic nitrogens is 2.